The molecule has 5 heteroatoms. The Hall–Kier alpha value is -1.49. The molecule has 0 aromatic heterocycles. The van der Waals surface area contributed by atoms with E-state index < -0.39 is 0 Å². The lowest BCUT2D eigenvalue weighted by Gasteiger charge is -2.12. The largest absolute Gasteiger partial charge is 0.353 e. The van der Waals surface area contributed by atoms with Crippen molar-refractivity contribution in [2.24, 2.45) is 0 Å². The Morgan fingerprint density at radius 2 is 1.90 bits per heavy atom. The van der Waals surface area contributed by atoms with Crippen molar-refractivity contribution in [2.75, 3.05) is 11.1 Å². The molecule has 1 atom stereocenters. The van der Waals surface area contributed by atoms with E-state index in [-0.39, 0.29) is 17.9 Å². The predicted molar refractivity (Wildman–Crippen MR) is 84.0 cm³/mol. The van der Waals surface area contributed by atoms with E-state index in [2.05, 4.69) is 17.6 Å². The van der Waals surface area contributed by atoms with Gasteiger partial charge in [-0.05, 0) is 37.6 Å². The van der Waals surface area contributed by atoms with Gasteiger partial charge in [0.05, 0.1) is 5.75 Å². The molecule has 0 saturated heterocycles. The van der Waals surface area contributed by atoms with E-state index in [1.165, 1.54) is 18.7 Å². The maximum Gasteiger partial charge on any atom is 0.230 e. The number of amides is 2. The van der Waals surface area contributed by atoms with Gasteiger partial charge in [-0.2, -0.15) is 0 Å². The Morgan fingerprint density at radius 3 is 2.45 bits per heavy atom. The molecule has 0 saturated carbocycles. The fourth-order valence-corrected chi connectivity index (χ4v) is 2.52. The monoisotopic (exact) mass is 294 g/mol. The summed E-state index contributed by atoms with van der Waals surface area (Å²) >= 11 is 1.49. The van der Waals surface area contributed by atoms with Crippen LogP contribution in [0.5, 0.6) is 0 Å². The fourth-order valence-electron chi connectivity index (χ4n) is 1.81. The molecule has 0 aliphatic carbocycles. The van der Waals surface area contributed by atoms with Crippen molar-refractivity contribution in [1.82, 2.24) is 5.32 Å². The van der Waals surface area contributed by atoms with Gasteiger partial charge >= 0.3 is 0 Å². The maximum atomic E-state index is 11.7. The van der Waals surface area contributed by atoms with Crippen molar-refractivity contribution in [3.8, 4) is 0 Å². The van der Waals surface area contributed by atoms with Gasteiger partial charge in [0.25, 0.3) is 0 Å². The molecule has 0 fully saturated rings. The molecule has 110 valence electrons. The third-order valence-electron chi connectivity index (χ3n) is 2.67. The number of thioether (sulfide) groups is 1. The molecule has 20 heavy (non-hydrogen) atoms. The Morgan fingerprint density at radius 1 is 1.25 bits per heavy atom. The van der Waals surface area contributed by atoms with E-state index in [1.54, 1.807) is 0 Å². The van der Waals surface area contributed by atoms with Crippen molar-refractivity contribution < 1.29 is 9.59 Å². The van der Waals surface area contributed by atoms with Gasteiger partial charge in [-0.3, -0.25) is 9.59 Å². The van der Waals surface area contributed by atoms with Crippen LogP contribution in [-0.2, 0) is 9.59 Å². The molecule has 0 unspecified atom stereocenters. The Bertz CT molecular complexity index is 446. The lowest BCUT2D eigenvalue weighted by atomic mass is 10.2. The molecule has 0 radical (unpaired) electrons. The lowest BCUT2D eigenvalue weighted by Crippen LogP contribution is -2.33. The highest BCUT2D eigenvalue weighted by molar-refractivity contribution is 8.00. The number of hydrogen-bond acceptors (Lipinski definition) is 3. The highest BCUT2D eigenvalue weighted by Crippen LogP contribution is 2.20. The summed E-state index contributed by atoms with van der Waals surface area (Å²) in [6.45, 7) is 5.60. The number of carbonyl (C=O) groups excluding carboxylic acids is 2. The lowest BCUT2D eigenvalue weighted by molar-refractivity contribution is -0.119. The summed E-state index contributed by atoms with van der Waals surface area (Å²) in [5, 5.41) is 5.68. The number of benzene rings is 1. The second kappa shape index (κ2) is 8.64. The highest BCUT2D eigenvalue weighted by atomic mass is 32.2. The van der Waals surface area contributed by atoms with Crippen LogP contribution in [0.2, 0.25) is 0 Å². The van der Waals surface area contributed by atoms with Crippen LogP contribution in [0, 0.1) is 0 Å². The van der Waals surface area contributed by atoms with Crippen molar-refractivity contribution in [3.63, 3.8) is 0 Å². The smallest absolute Gasteiger partial charge is 0.230 e. The van der Waals surface area contributed by atoms with Crippen LogP contribution in [0.15, 0.2) is 29.2 Å². The van der Waals surface area contributed by atoms with Crippen LogP contribution in [0.1, 0.15) is 33.6 Å². The minimum absolute atomic E-state index is 0.0573. The first-order chi connectivity index (χ1) is 9.51. The third-order valence-corrected chi connectivity index (χ3v) is 3.69. The van der Waals surface area contributed by atoms with Crippen molar-refractivity contribution in [1.29, 1.82) is 0 Å². The van der Waals surface area contributed by atoms with Crippen LogP contribution in [-0.4, -0.2) is 23.6 Å². The van der Waals surface area contributed by atoms with Crippen molar-refractivity contribution in [3.05, 3.63) is 24.3 Å². The zero-order chi connectivity index (χ0) is 15.0. The van der Waals surface area contributed by atoms with Crippen LogP contribution in [0.25, 0.3) is 0 Å². The summed E-state index contributed by atoms with van der Waals surface area (Å²) in [5.41, 5.74) is 0.767. The van der Waals surface area contributed by atoms with E-state index in [9.17, 15) is 9.59 Å². The standard InChI is InChI=1S/C15H22N2O2S/c1-4-5-11(2)16-15(19)10-20-14-8-6-13(7-9-14)17-12(3)18/h6-9,11H,4-5,10H2,1-3H3,(H,16,19)(H,17,18)/t11-/m0/s1. The minimum Gasteiger partial charge on any atom is -0.353 e. The molecule has 0 aliphatic rings. The van der Waals surface area contributed by atoms with Gasteiger partial charge in [-0.25, -0.2) is 0 Å². The molecule has 1 aromatic carbocycles. The van der Waals surface area contributed by atoms with Crippen LogP contribution in [0.4, 0.5) is 5.69 Å². The van der Waals surface area contributed by atoms with E-state index in [0.717, 1.165) is 23.4 Å². The number of nitrogens with one attached hydrogen (secondary N) is 2. The van der Waals surface area contributed by atoms with E-state index in [0.29, 0.717) is 5.75 Å². The van der Waals surface area contributed by atoms with Gasteiger partial charge < -0.3 is 10.6 Å². The van der Waals surface area contributed by atoms with Gasteiger partial charge in [0.15, 0.2) is 0 Å². The zero-order valence-corrected chi connectivity index (χ0v) is 13.0. The summed E-state index contributed by atoms with van der Waals surface area (Å²) in [6.07, 6.45) is 2.07. The summed E-state index contributed by atoms with van der Waals surface area (Å²) in [7, 11) is 0. The first kappa shape index (κ1) is 16.6. The Balaban J connectivity index is 2.38. The van der Waals surface area contributed by atoms with Gasteiger partial charge in [0, 0.05) is 23.5 Å². The second-order valence-corrected chi connectivity index (χ2v) is 5.80. The quantitative estimate of drug-likeness (QED) is 0.760. The molecule has 0 spiro atoms. The summed E-state index contributed by atoms with van der Waals surface area (Å²) in [5.74, 6) is 0.379. The first-order valence-electron chi connectivity index (χ1n) is 6.81. The minimum atomic E-state index is -0.0882. The molecule has 0 aliphatic heterocycles. The molecule has 0 heterocycles. The van der Waals surface area contributed by atoms with Crippen molar-refractivity contribution in [2.45, 2.75) is 44.6 Å². The number of rotatable bonds is 7. The van der Waals surface area contributed by atoms with Gasteiger partial charge in [0.2, 0.25) is 11.8 Å². The van der Waals surface area contributed by atoms with Crippen LogP contribution in [0.3, 0.4) is 0 Å². The number of hydrogen-bond donors (Lipinski definition) is 2. The van der Waals surface area contributed by atoms with E-state index in [4.69, 9.17) is 0 Å². The van der Waals surface area contributed by atoms with Gasteiger partial charge in [0.1, 0.15) is 0 Å². The van der Waals surface area contributed by atoms with E-state index in [1.807, 2.05) is 31.2 Å². The van der Waals surface area contributed by atoms with Gasteiger partial charge in [-0.1, -0.05) is 13.3 Å². The molecule has 1 rings (SSSR count). The average Bonchev–Trinajstić information content (AvgIpc) is 2.37. The third kappa shape index (κ3) is 6.61. The van der Waals surface area contributed by atoms with Crippen LogP contribution >= 0.6 is 11.8 Å². The summed E-state index contributed by atoms with van der Waals surface area (Å²) < 4.78 is 0. The normalized spacial score (nSPS) is 11.8. The molecule has 2 N–H and O–H groups in total. The summed E-state index contributed by atoms with van der Waals surface area (Å²) in [6, 6.07) is 7.70. The van der Waals surface area contributed by atoms with Crippen molar-refractivity contribution >= 4 is 29.3 Å². The second-order valence-electron chi connectivity index (χ2n) is 4.75. The SMILES string of the molecule is CCC[C@H](C)NC(=O)CSc1ccc(NC(C)=O)cc1. The topological polar surface area (TPSA) is 58.2 Å². The van der Waals surface area contributed by atoms with Crippen LogP contribution < -0.4 is 10.6 Å². The average molecular weight is 294 g/mol. The Kier molecular flexibility index (Phi) is 7.15. The first-order valence-corrected chi connectivity index (χ1v) is 7.79. The number of anilines is 1. The molecule has 0 bridgehead atoms. The van der Waals surface area contributed by atoms with E-state index >= 15 is 0 Å². The number of carbonyl (C=O) groups is 2. The molecular formula is C15H22N2O2S. The zero-order valence-electron chi connectivity index (χ0n) is 12.2. The fraction of sp³-hybridized carbons (Fsp3) is 0.467. The maximum absolute atomic E-state index is 11.7. The molecule has 4 nitrogen and oxygen atoms in total. The summed E-state index contributed by atoms with van der Waals surface area (Å²) in [4.78, 5) is 23.6. The van der Waals surface area contributed by atoms with Gasteiger partial charge in [-0.15, -0.1) is 11.8 Å². The molecule has 1 aromatic rings. The Labute approximate surface area is 124 Å². The molecule has 2 amide bonds. The predicted octanol–water partition coefficient (Wildman–Crippen LogP) is 3.04. The highest BCUT2D eigenvalue weighted by Gasteiger charge is 2.07. The molecular weight excluding hydrogens is 272 g/mol.